The van der Waals surface area contributed by atoms with E-state index in [0.717, 1.165) is 19.0 Å². The van der Waals surface area contributed by atoms with Crippen LogP contribution in [-0.2, 0) is 19.1 Å². The Morgan fingerprint density at radius 3 is 2.77 bits per heavy atom. The van der Waals surface area contributed by atoms with E-state index >= 15 is 0 Å². The molecule has 0 unspecified atom stereocenters. The molecule has 1 aliphatic rings. The van der Waals surface area contributed by atoms with Crippen LogP contribution in [0.3, 0.4) is 0 Å². The largest absolute Gasteiger partial charge is 0.419 e. The molecule has 1 aliphatic heterocycles. The van der Waals surface area contributed by atoms with Gasteiger partial charge in [0.1, 0.15) is 0 Å². The second-order valence-electron chi connectivity index (χ2n) is 3.18. The minimum Gasteiger partial charge on any atom is -0.269 e. The first-order valence-corrected chi connectivity index (χ1v) is 4.21. The van der Waals surface area contributed by atoms with Crippen molar-refractivity contribution in [3.05, 3.63) is 17.5 Å². The number of aromatic nitrogens is 2. The smallest absolute Gasteiger partial charge is 0.269 e. The highest BCUT2D eigenvalue weighted by atomic mass is 19.4. The number of halogens is 3. The van der Waals surface area contributed by atoms with E-state index in [0.29, 0.717) is 18.7 Å². The Labute approximate surface area is 73.4 Å². The van der Waals surface area contributed by atoms with Crippen LogP contribution in [0.2, 0.25) is 0 Å². The molecule has 2 nitrogen and oxygen atoms in total. The Morgan fingerprint density at radius 2 is 2.08 bits per heavy atom. The van der Waals surface area contributed by atoms with E-state index in [2.05, 4.69) is 5.10 Å². The molecule has 0 atom stereocenters. The SMILES string of the molecule is FC(F)(F)c1cnn2c1CCCC2. The standard InChI is InChI=1S/C8H9F3N2/c9-8(10,11)6-5-12-13-4-2-1-3-7(6)13/h5H,1-4H2. The van der Waals surface area contributed by atoms with Gasteiger partial charge in [0, 0.05) is 6.54 Å². The van der Waals surface area contributed by atoms with Crippen LogP contribution in [0.1, 0.15) is 24.1 Å². The first-order chi connectivity index (χ1) is 6.09. The lowest BCUT2D eigenvalue weighted by Crippen LogP contribution is -2.15. The van der Waals surface area contributed by atoms with Gasteiger partial charge in [-0.3, -0.25) is 4.68 Å². The summed E-state index contributed by atoms with van der Waals surface area (Å²) in [5.74, 6) is 0. The number of hydrogen-bond donors (Lipinski definition) is 0. The Balaban J connectivity index is 2.43. The molecule has 72 valence electrons. The molecule has 0 N–H and O–H groups in total. The monoisotopic (exact) mass is 190 g/mol. The maximum Gasteiger partial charge on any atom is 0.419 e. The summed E-state index contributed by atoms with van der Waals surface area (Å²) in [6.07, 6.45) is -1.07. The highest BCUT2D eigenvalue weighted by molar-refractivity contribution is 5.22. The summed E-state index contributed by atoms with van der Waals surface area (Å²) < 4.78 is 38.5. The molecule has 0 saturated carbocycles. The molecule has 2 rings (SSSR count). The lowest BCUT2D eigenvalue weighted by atomic mass is 10.1. The van der Waals surface area contributed by atoms with Crippen LogP contribution in [0.25, 0.3) is 0 Å². The van der Waals surface area contributed by atoms with Crippen molar-refractivity contribution in [3.8, 4) is 0 Å². The maximum absolute atomic E-state index is 12.4. The van der Waals surface area contributed by atoms with Crippen molar-refractivity contribution in [1.82, 2.24) is 9.78 Å². The summed E-state index contributed by atoms with van der Waals surface area (Å²) in [5, 5.41) is 3.72. The second-order valence-corrected chi connectivity index (χ2v) is 3.18. The van der Waals surface area contributed by atoms with E-state index in [4.69, 9.17) is 0 Å². The summed E-state index contributed by atoms with van der Waals surface area (Å²) >= 11 is 0. The zero-order chi connectivity index (χ0) is 9.47. The van der Waals surface area contributed by atoms with Crippen LogP contribution >= 0.6 is 0 Å². The quantitative estimate of drug-likeness (QED) is 0.613. The van der Waals surface area contributed by atoms with Gasteiger partial charge < -0.3 is 0 Å². The average molecular weight is 190 g/mol. The molecular formula is C8H9F3N2. The fourth-order valence-electron chi connectivity index (χ4n) is 1.66. The number of fused-ring (bicyclic) bond motifs is 1. The third-order valence-corrected chi connectivity index (χ3v) is 2.29. The van der Waals surface area contributed by atoms with E-state index in [1.165, 1.54) is 4.68 Å². The van der Waals surface area contributed by atoms with Gasteiger partial charge in [-0.05, 0) is 19.3 Å². The van der Waals surface area contributed by atoms with Gasteiger partial charge in [-0.25, -0.2) is 0 Å². The number of hydrogen-bond acceptors (Lipinski definition) is 1. The Bertz CT molecular complexity index is 314. The Morgan fingerprint density at radius 1 is 1.31 bits per heavy atom. The molecule has 0 aliphatic carbocycles. The molecular weight excluding hydrogens is 181 g/mol. The maximum atomic E-state index is 12.4. The van der Waals surface area contributed by atoms with Gasteiger partial charge in [0.05, 0.1) is 17.5 Å². The van der Waals surface area contributed by atoms with Crippen molar-refractivity contribution in [3.63, 3.8) is 0 Å². The van der Waals surface area contributed by atoms with Crippen molar-refractivity contribution in [2.45, 2.75) is 32.0 Å². The van der Waals surface area contributed by atoms with Gasteiger partial charge >= 0.3 is 6.18 Å². The highest BCUT2D eigenvalue weighted by Crippen LogP contribution is 2.33. The number of rotatable bonds is 0. The van der Waals surface area contributed by atoms with Crippen LogP contribution in [0.15, 0.2) is 6.20 Å². The van der Waals surface area contributed by atoms with E-state index in [-0.39, 0.29) is 0 Å². The Kier molecular flexibility index (Phi) is 1.82. The zero-order valence-electron chi connectivity index (χ0n) is 6.93. The third-order valence-electron chi connectivity index (χ3n) is 2.29. The summed E-state index contributed by atoms with van der Waals surface area (Å²) in [4.78, 5) is 0. The predicted molar refractivity (Wildman–Crippen MR) is 40.2 cm³/mol. The van der Waals surface area contributed by atoms with Crippen molar-refractivity contribution >= 4 is 0 Å². The molecule has 0 aromatic carbocycles. The normalized spacial score (nSPS) is 17.2. The van der Waals surface area contributed by atoms with E-state index < -0.39 is 11.7 Å². The van der Waals surface area contributed by atoms with Crippen LogP contribution < -0.4 is 0 Å². The number of nitrogens with zero attached hydrogens (tertiary/aromatic N) is 2. The van der Waals surface area contributed by atoms with Gasteiger partial charge in [0.2, 0.25) is 0 Å². The van der Waals surface area contributed by atoms with Gasteiger partial charge in [-0.2, -0.15) is 18.3 Å². The topological polar surface area (TPSA) is 17.8 Å². The molecule has 1 aromatic rings. The van der Waals surface area contributed by atoms with E-state index in [1.54, 1.807) is 0 Å². The summed E-state index contributed by atoms with van der Waals surface area (Å²) in [6.45, 7) is 0.616. The zero-order valence-corrected chi connectivity index (χ0v) is 6.93. The summed E-state index contributed by atoms with van der Waals surface area (Å²) in [5.41, 5.74) is -0.217. The number of aryl methyl sites for hydroxylation is 1. The van der Waals surface area contributed by atoms with E-state index in [1.807, 2.05) is 0 Å². The van der Waals surface area contributed by atoms with Crippen LogP contribution in [0.5, 0.6) is 0 Å². The second kappa shape index (κ2) is 2.75. The van der Waals surface area contributed by atoms with Gasteiger partial charge in [0.15, 0.2) is 0 Å². The molecule has 0 fully saturated rings. The first kappa shape index (κ1) is 8.59. The lowest BCUT2D eigenvalue weighted by molar-refractivity contribution is -0.138. The van der Waals surface area contributed by atoms with Crippen molar-refractivity contribution in [2.75, 3.05) is 0 Å². The first-order valence-electron chi connectivity index (χ1n) is 4.21. The molecule has 5 heteroatoms. The van der Waals surface area contributed by atoms with Crippen LogP contribution in [-0.4, -0.2) is 9.78 Å². The van der Waals surface area contributed by atoms with E-state index in [9.17, 15) is 13.2 Å². The fourth-order valence-corrected chi connectivity index (χ4v) is 1.66. The highest BCUT2D eigenvalue weighted by Gasteiger charge is 2.36. The predicted octanol–water partition coefficient (Wildman–Crippen LogP) is 2.24. The van der Waals surface area contributed by atoms with Crippen molar-refractivity contribution in [2.24, 2.45) is 0 Å². The minimum atomic E-state index is -4.25. The summed E-state index contributed by atoms with van der Waals surface area (Å²) in [7, 11) is 0. The van der Waals surface area contributed by atoms with Gasteiger partial charge in [0.25, 0.3) is 0 Å². The Hall–Kier alpha value is -1.00. The van der Waals surface area contributed by atoms with Gasteiger partial charge in [-0.1, -0.05) is 0 Å². The van der Waals surface area contributed by atoms with Crippen molar-refractivity contribution < 1.29 is 13.2 Å². The van der Waals surface area contributed by atoms with Crippen molar-refractivity contribution in [1.29, 1.82) is 0 Å². The molecule has 0 radical (unpaired) electrons. The van der Waals surface area contributed by atoms with Crippen LogP contribution in [0, 0.1) is 0 Å². The molecule has 0 amide bonds. The van der Waals surface area contributed by atoms with Crippen LogP contribution in [0.4, 0.5) is 13.2 Å². The molecule has 0 spiro atoms. The molecule has 13 heavy (non-hydrogen) atoms. The molecule has 2 heterocycles. The molecule has 1 aromatic heterocycles. The van der Waals surface area contributed by atoms with Gasteiger partial charge in [-0.15, -0.1) is 0 Å². The molecule has 0 saturated heterocycles. The minimum absolute atomic E-state index is 0.346. The summed E-state index contributed by atoms with van der Waals surface area (Å²) in [6, 6.07) is 0. The molecule has 0 bridgehead atoms. The lowest BCUT2D eigenvalue weighted by Gasteiger charge is -2.15. The number of alkyl halides is 3. The average Bonchev–Trinajstić information content (AvgIpc) is 2.45. The fraction of sp³-hybridized carbons (Fsp3) is 0.625. The third kappa shape index (κ3) is 1.43.